The summed E-state index contributed by atoms with van der Waals surface area (Å²) in [6, 6.07) is 3.30. The zero-order valence-electron chi connectivity index (χ0n) is 10.8. The third-order valence-electron chi connectivity index (χ3n) is 3.49. The number of hydrogen-bond donors (Lipinski definition) is 2. The Kier molecular flexibility index (Phi) is 3.76. The molecule has 98 valence electrons. The predicted octanol–water partition coefficient (Wildman–Crippen LogP) is 0.880. The van der Waals surface area contributed by atoms with Crippen molar-refractivity contribution in [1.82, 2.24) is 15.1 Å². The molecule has 1 aliphatic rings. The van der Waals surface area contributed by atoms with Crippen molar-refractivity contribution >= 4 is 11.7 Å². The largest absolute Gasteiger partial charge is 0.337 e. The van der Waals surface area contributed by atoms with Gasteiger partial charge in [-0.3, -0.25) is 4.79 Å². The van der Waals surface area contributed by atoms with Crippen LogP contribution in [0.3, 0.4) is 0 Å². The van der Waals surface area contributed by atoms with Gasteiger partial charge < -0.3 is 10.3 Å². The Morgan fingerprint density at radius 2 is 2.28 bits per heavy atom. The van der Waals surface area contributed by atoms with E-state index in [1.165, 1.54) is 0 Å². The van der Waals surface area contributed by atoms with Gasteiger partial charge in [0.25, 0.3) is 5.91 Å². The van der Waals surface area contributed by atoms with Crippen LogP contribution in [0.2, 0.25) is 0 Å². The lowest BCUT2D eigenvalue weighted by Crippen LogP contribution is -2.30. The summed E-state index contributed by atoms with van der Waals surface area (Å²) < 4.78 is 0. The maximum absolute atomic E-state index is 12.2. The monoisotopic (exact) mass is 249 g/mol. The molecule has 6 heteroatoms. The third kappa shape index (κ3) is 2.59. The van der Waals surface area contributed by atoms with E-state index < -0.39 is 0 Å². The molecule has 2 rings (SSSR count). The van der Waals surface area contributed by atoms with Crippen LogP contribution >= 0.6 is 0 Å². The van der Waals surface area contributed by atoms with Crippen LogP contribution in [0.1, 0.15) is 30.8 Å². The highest BCUT2D eigenvalue weighted by Crippen LogP contribution is 2.24. The van der Waals surface area contributed by atoms with Crippen LogP contribution in [0, 0.1) is 11.8 Å². The number of nitrogens with one attached hydrogen (secondary N) is 1. The Morgan fingerprint density at radius 1 is 1.50 bits per heavy atom. The van der Waals surface area contributed by atoms with Crippen LogP contribution in [-0.4, -0.2) is 34.1 Å². The van der Waals surface area contributed by atoms with Crippen molar-refractivity contribution in [2.75, 3.05) is 18.5 Å². The quantitative estimate of drug-likeness (QED) is 0.613. The second-order valence-corrected chi connectivity index (χ2v) is 4.99. The van der Waals surface area contributed by atoms with E-state index in [1.54, 1.807) is 12.1 Å². The molecule has 0 radical (unpaired) electrons. The first-order valence-corrected chi connectivity index (χ1v) is 6.21. The van der Waals surface area contributed by atoms with E-state index in [2.05, 4.69) is 29.5 Å². The summed E-state index contributed by atoms with van der Waals surface area (Å²) in [5.74, 6) is 6.81. The highest BCUT2D eigenvalue weighted by atomic mass is 16.2. The molecule has 1 aliphatic heterocycles. The summed E-state index contributed by atoms with van der Waals surface area (Å²) in [4.78, 5) is 14.0. The molecule has 6 nitrogen and oxygen atoms in total. The van der Waals surface area contributed by atoms with Gasteiger partial charge in [-0.1, -0.05) is 13.8 Å². The smallest absolute Gasteiger partial charge is 0.274 e. The Hall–Kier alpha value is -1.69. The number of carbonyl (C=O) groups is 1. The number of nitrogens with zero attached hydrogens (tertiary/aromatic N) is 3. The van der Waals surface area contributed by atoms with Crippen molar-refractivity contribution in [2.45, 2.75) is 20.3 Å². The van der Waals surface area contributed by atoms with Crippen LogP contribution < -0.4 is 11.3 Å². The fourth-order valence-corrected chi connectivity index (χ4v) is 2.20. The number of rotatable bonds is 3. The van der Waals surface area contributed by atoms with Gasteiger partial charge >= 0.3 is 0 Å². The van der Waals surface area contributed by atoms with E-state index in [0.717, 1.165) is 19.5 Å². The molecule has 0 aromatic carbocycles. The number of hydrogen-bond acceptors (Lipinski definition) is 5. The first-order chi connectivity index (χ1) is 8.61. The third-order valence-corrected chi connectivity index (χ3v) is 3.49. The van der Waals surface area contributed by atoms with Crippen LogP contribution in [0.5, 0.6) is 0 Å². The van der Waals surface area contributed by atoms with Crippen molar-refractivity contribution in [3.63, 3.8) is 0 Å². The minimum Gasteiger partial charge on any atom is -0.337 e. The summed E-state index contributed by atoms with van der Waals surface area (Å²) >= 11 is 0. The lowest BCUT2D eigenvalue weighted by Gasteiger charge is -2.17. The van der Waals surface area contributed by atoms with E-state index >= 15 is 0 Å². The summed E-state index contributed by atoms with van der Waals surface area (Å²) in [7, 11) is 0. The molecule has 1 aromatic rings. The zero-order chi connectivity index (χ0) is 13.1. The zero-order valence-corrected chi connectivity index (χ0v) is 10.8. The topological polar surface area (TPSA) is 84.1 Å². The summed E-state index contributed by atoms with van der Waals surface area (Å²) in [6.45, 7) is 6.01. The molecule has 0 spiro atoms. The van der Waals surface area contributed by atoms with Crippen molar-refractivity contribution in [2.24, 2.45) is 17.7 Å². The number of anilines is 1. The van der Waals surface area contributed by atoms with Gasteiger partial charge in [-0.2, -0.15) is 0 Å². The maximum atomic E-state index is 12.2. The number of aromatic nitrogens is 2. The molecular formula is C12H19N5O. The number of nitrogen functional groups attached to an aromatic ring is 1. The number of likely N-dealkylation sites (tertiary alicyclic amines) is 1. The molecule has 1 saturated heterocycles. The van der Waals surface area contributed by atoms with Crippen molar-refractivity contribution in [1.29, 1.82) is 0 Å². The van der Waals surface area contributed by atoms with Crippen LogP contribution in [0.15, 0.2) is 12.1 Å². The van der Waals surface area contributed by atoms with Gasteiger partial charge in [-0.15, -0.1) is 10.2 Å². The van der Waals surface area contributed by atoms with Gasteiger partial charge in [0.1, 0.15) is 0 Å². The molecule has 1 amide bonds. The van der Waals surface area contributed by atoms with Gasteiger partial charge in [0.2, 0.25) is 0 Å². The number of amides is 1. The average Bonchev–Trinajstić information content (AvgIpc) is 2.88. The first-order valence-electron chi connectivity index (χ1n) is 6.21. The maximum Gasteiger partial charge on any atom is 0.274 e. The lowest BCUT2D eigenvalue weighted by atomic mass is 9.95. The Balaban J connectivity index is 2.03. The number of nitrogens with two attached hydrogens (primary N) is 1. The van der Waals surface area contributed by atoms with Gasteiger partial charge in [0.05, 0.1) is 0 Å². The average molecular weight is 249 g/mol. The van der Waals surface area contributed by atoms with E-state index in [9.17, 15) is 4.79 Å². The molecule has 0 aliphatic carbocycles. The minimum absolute atomic E-state index is 0.0470. The van der Waals surface area contributed by atoms with E-state index in [-0.39, 0.29) is 5.91 Å². The van der Waals surface area contributed by atoms with Crippen LogP contribution in [-0.2, 0) is 0 Å². The molecule has 1 unspecified atom stereocenters. The lowest BCUT2D eigenvalue weighted by molar-refractivity contribution is 0.0777. The minimum atomic E-state index is -0.0470. The number of carbonyl (C=O) groups excluding carboxylic acids is 1. The van der Waals surface area contributed by atoms with Crippen molar-refractivity contribution in [3.05, 3.63) is 17.8 Å². The van der Waals surface area contributed by atoms with E-state index in [0.29, 0.717) is 23.3 Å². The Bertz CT molecular complexity index is 417. The normalized spacial score (nSPS) is 19.3. The summed E-state index contributed by atoms with van der Waals surface area (Å²) in [5, 5.41) is 7.69. The molecule has 1 fully saturated rings. The van der Waals surface area contributed by atoms with Gasteiger partial charge in [-0.05, 0) is 30.4 Å². The molecule has 2 heterocycles. The van der Waals surface area contributed by atoms with Gasteiger partial charge in [0.15, 0.2) is 11.5 Å². The second kappa shape index (κ2) is 5.30. The van der Waals surface area contributed by atoms with E-state index in [4.69, 9.17) is 5.84 Å². The SMILES string of the molecule is CC(C)C1CCN(C(=O)c2ccc(NN)nn2)C1. The van der Waals surface area contributed by atoms with Crippen LogP contribution in [0.25, 0.3) is 0 Å². The van der Waals surface area contributed by atoms with Crippen LogP contribution in [0.4, 0.5) is 5.82 Å². The predicted molar refractivity (Wildman–Crippen MR) is 68.7 cm³/mol. The molecule has 1 atom stereocenters. The van der Waals surface area contributed by atoms with E-state index in [1.807, 2.05) is 4.90 Å². The highest BCUT2D eigenvalue weighted by Gasteiger charge is 2.29. The van der Waals surface area contributed by atoms with Crippen molar-refractivity contribution < 1.29 is 4.79 Å². The van der Waals surface area contributed by atoms with Gasteiger partial charge in [0, 0.05) is 13.1 Å². The van der Waals surface area contributed by atoms with Gasteiger partial charge in [-0.25, -0.2) is 5.84 Å². The molecule has 0 bridgehead atoms. The fraction of sp³-hybridized carbons (Fsp3) is 0.583. The molecule has 3 N–H and O–H groups in total. The number of hydrazine groups is 1. The molecule has 0 saturated carbocycles. The summed E-state index contributed by atoms with van der Waals surface area (Å²) in [6.07, 6.45) is 1.07. The first kappa shape index (κ1) is 12.8. The molecular weight excluding hydrogens is 230 g/mol. The fourth-order valence-electron chi connectivity index (χ4n) is 2.20. The Labute approximate surface area is 107 Å². The Morgan fingerprint density at radius 3 is 2.78 bits per heavy atom. The molecule has 18 heavy (non-hydrogen) atoms. The second-order valence-electron chi connectivity index (χ2n) is 4.99. The molecule has 1 aromatic heterocycles. The van der Waals surface area contributed by atoms with Crippen molar-refractivity contribution in [3.8, 4) is 0 Å². The summed E-state index contributed by atoms with van der Waals surface area (Å²) in [5.41, 5.74) is 2.76. The standard InChI is InChI=1S/C12H19N5O/c1-8(2)9-5-6-17(7-9)12(18)10-3-4-11(14-13)16-15-10/h3-4,8-9H,5-7,13H2,1-2H3,(H,14,16). The highest BCUT2D eigenvalue weighted by molar-refractivity contribution is 5.92.